The van der Waals surface area contributed by atoms with Gasteiger partial charge in [-0.2, -0.15) is 0 Å². The molecule has 0 spiro atoms. The van der Waals surface area contributed by atoms with Crippen LogP contribution < -0.4 is 11.1 Å². The SMILES string of the molecule is CCNC(=O)CN(CC)CC(CN)C(C)C. The van der Waals surface area contributed by atoms with E-state index in [4.69, 9.17) is 5.73 Å². The lowest BCUT2D eigenvalue weighted by Gasteiger charge is -2.27. The molecule has 0 aliphatic heterocycles. The minimum atomic E-state index is 0.101. The highest BCUT2D eigenvalue weighted by molar-refractivity contribution is 5.77. The molecule has 4 heteroatoms. The Morgan fingerprint density at radius 1 is 1.38 bits per heavy atom. The fourth-order valence-electron chi connectivity index (χ4n) is 1.65. The molecule has 16 heavy (non-hydrogen) atoms. The number of rotatable bonds is 8. The van der Waals surface area contributed by atoms with E-state index in [0.717, 1.165) is 13.1 Å². The zero-order valence-electron chi connectivity index (χ0n) is 11.1. The summed E-state index contributed by atoms with van der Waals surface area (Å²) in [6.45, 7) is 12.0. The molecule has 1 atom stereocenters. The summed E-state index contributed by atoms with van der Waals surface area (Å²) in [5.74, 6) is 1.13. The lowest BCUT2D eigenvalue weighted by Crippen LogP contribution is -2.41. The maximum Gasteiger partial charge on any atom is 0.234 e. The summed E-state index contributed by atoms with van der Waals surface area (Å²) in [6, 6.07) is 0. The second-order valence-corrected chi connectivity index (χ2v) is 4.52. The standard InChI is InChI=1S/C12H27N3O/c1-5-14-12(16)9-15(6-2)8-11(7-13)10(3)4/h10-11H,5-9,13H2,1-4H3,(H,14,16). The molecular formula is C12H27N3O. The van der Waals surface area contributed by atoms with Crippen LogP contribution in [0.1, 0.15) is 27.7 Å². The van der Waals surface area contributed by atoms with Crippen LogP contribution in [0.4, 0.5) is 0 Å². The van der Waals surface area contributed by atoms with Crippen molar-refractivity contribution < 1.29 is 4.79 Å². The second-order valence-electron chi connectivity index (χ2n) is 4.52. The number of amides is 1. The van der Waals surface area contributed by atoms with Gasteiger partial charge in [0.1, 0.15) is 0 Å². The van der Waals surface area contributed by atoms with E-state index in [2.05, 4.69) is 31.0 Å². The first-order valence-electron chi connectivity index (χ1n) is 6.24. The number of hydrogen-bond donors (Lipinski definition) is 2. The Balaban J connectivity index is 4.12. The van der Waals surface area contributed by atoms with Gasteiger partial charge in [-0.3, -0.25) is 9.69 Å². The van der Waals surface area contributed by atoms with Crippen LogP contribution in [-0.2, 0) is 4.79 Å². The molecule has 0 heterocycles. The van der Waals surface area contributed by atoms with Crippen LogP contribution in [0.2, 0.25) is 0 Å². The molecule has 0 bridgehead atoms. The van der Waals surface area contributed by atoms with Gasteiger partial charge in [-0.25, -0.2) is 0 Å². The molecule has 0 aliphatic rings. The monoisotopic (exact) mass is 229 g/mol. The Morgan fingerprint density at radius 3 is 2.38 bits per heavy atom. The first kappa shape index (κ1) is 15.4. The van der Waals surface area contributed by atoms with Crippen molar-refractivity contribution in [2.24, 2.45) is 17.6 Å². The third kappa shape index (κ3) is 6.08. The predicted molar refractivity (Wildman–Crippen MR) is 68.2 cm³/mol. The van der Waals surface area contributed by atoms with Crippen LogP contribution in [0.15, 0.2) is 0 Å². The number of likely N-dealkylation sites (N-methyl/N-ethyl adjacent to an activating group) is 2. The number of carbonyl (C=O) groups is 1. The largest absolute Gasteiger partial charge is 0.355 e. The summed E-state index contributed by atoms with van der Waals surface area (Å²) < 4.78 is 0. The van der Waals surface area contributed by atoms with E-state index in [1.807, 2.05) is 6.92 Å². The van der Waals surface area contributed by atoms with E-state index in [1.54, 1.807) is 0 Å². The first-order valence-corrected chi connectivity index (χ1v) is 6.24. The molecule has 0 radical (unpaired) electrons. The highest BCUT2D eigenvalue weighted by Gasteiger charge is 2.16. The van der Waals surface area contributed by atoms with E-state index in [0.29, 0.717) is 31.5 Å². The number of nitrogens with two attached hydrogens (primary N) is 1. The summed E-state index contributed by atoms with van der Waals surface area (Å²) in [6.07, 6.45) is 0. The quantitative estimate of drug-likeness (QED) is 0.643. The average Bonchev–Trinajstić information content (AvgIpc) is 2.23. The normalized spacial score (nSPS) is 13.2. The third-order valence-electron chi connectivity index (χ3n) is 2.93. The van der Waals surface area contributed by atoms with Gasteiger partial charge in [0, 0.05) is 13.1 Å². The van der Waals surface area contributed by atoms with Gasteiger partial charge in [0.15, 0.2) is 0 Å². The number of hydrogen-bond acceptors (Lipinski definition) is 3. The second kappa shape index (κ2) is 8.53. The molecule has 0 aromatic carbocycles. The zero-order valence-corrected chi connectivity index (χ0v) is 11.1. The third-order valence-corrected chi connectivity index (χ3v) is 2.93. The molecule has 0 aromatic rings. The van der Waals surface area contributed by atoms with Crippen LogP contribution in [-0.4, -0.2) is 43.5 Å². The minimum Gasteiger partial charge on any atom is -0.355 e. The molecule has 1 unspecified atom stereocenters. The highest BCUT2D eigenvalue weighted by atomic mass is 16.2. The molecule has 0 aliphatic carbocycles. The molecule has 96 valence electrons. The Hall–Kier alpha value is -0.610. The minimum absolute atomic E-state index is 0.101. The van der Waals surface area contributed by atoms with Crippen molar-refractivity contribution in [1.29, 1.82) is 0 Å². The topological polar surface area (TPSA) is 58.4 Å². The maximum absolute atomic E-state index is 11.5. The van der Waals surface area contributed by atoms with Gasteiger partial charge >= 0.3 is 0 Å². The van der Waals surface area contributed by atoms with Crippen LogP contribution in [0.25, 0.3) is 0 Å². The van der Waals surface area contributed by atoms with Crippen molar-refractivity contribution in [1.82, 2.24) is 10.2 Å². The van der Waals surface area contributed by atoms with Gasteiger partial charge in [0.2, 0.25) is 5.91 Å². The molecule has 3 N–H and O–H groups in total. The lowest BCUT2D eigenvalue weighted by molar-refractivity contribution is -0.122. The van der Waals surface area contributed by atoms with Crippen molar-refractivity contribution in [3.63, 3.8) is 0 Å². The molecule has 0 aromatic heterocycles. The van der Waals surface area contributed by atoms with E-state index in [9.17, 15) is 4.79 Å². The van der Waals surface area contributed by atoms with Crippen LogP contribution in [0.5, 0.6) is 0 Å². The van der Waals surface area contributed by atoms with Crippen molar-refractivity contribution in [2.75, 3.05) is 32.7 Å². The molecule has 0 saturated heterocycles. The van der Waals surface area contributed by atoms with Gasteiger partial charge in [0.25, 0.3) is 0 Å². The van der Waals surface area contributed by atoms with E-state index < -0.39 is 0 Å². The predicted octanol–water partition coefficient (Wildman–Crippen LogP) is 0.675. The number of nitrogens with one attached hydrogen (secondary N) is 1. The van der Waals surface area contributed by atoms with E-state index >= 15 is 0 Å². The Labute approximate surface area is 99.6 Å². The average molecular weight is 229 g/mol. The van der Waals surface area contributed by atoms with Gasteiger partial charge in [-0.05, 0) is 31.8 Å². The summed E-state index contributed by atoms with van der Waals surface area (Å²) in [7, 11) is 0. The van der Waals surface area contributed by atoms with Crippen LogP contribution in [0.3, 0.4) is 0 Å². The van der Waals surface area contributed by atoms with Crippen LogP contribution in [0, 0.1) is 11.8 Å². The fourth-order valence-corrected chi connectivity index (χ4v) is 1.65. The zero-order chi connectivity index (χ0) is 12.6. The van der Waals surface area contributed by atoms with Crippen molar-refractivity contribution >= 4 is 5.91 Å². The number of carbonyl (C=O) groups excluding carboxylic acids is 1. The maximum atomic E-state index is 11.5. The smallest absolute Gasteiger partial charge is 0.234 e. The summed E-state index contributed by atoms with van der Waals surface area (Å²) in [5.41, 5.74) is 5.74. The number of nitrogens with zero attached hydrogens (tertiary/aromatic N) is 1. The van der Waals surface area contributed by atoms with Crippen molar-refractivity contribution in [2.45, 2.75) is 27.7 Å². The first-order chi connectivity index (χ1) is 7.54. The van der Waals surface area contributed by atoms with E-state index in [1.165, 1.54) is 0 Å². The highest BCUT2D eigenvalue weighted by Crippen LogP contribution is 2.10. The molecular weight excluding hydrogens is 202 g/mol. The molecule has 4 nitrogen and oxygen atoms in total. The Kier molecular flexibility index (Phi) is 8.21. The molecule has 0 fully saturated rings. The van der Waals surface area contributed by atoms with Gasteiger partial charge < -0.3 is 11.1 Å². The van der Waals surface area contributed by atoms with Crippen LogP contribution >= 0.6 is 0 Å². The van der Waals surface area contributed by atoms with Gasteiger partial charge in [-0.15, -0.1) is 0 Å². The Bertz CT molecular complexity index is 195. The van der Waals surface area contributed by atoms with Crippen molar-refractivity contribution in [3.05, 3.63) is 0 Å². The van der Waals surface area contributed by atoms with Gasteiger partial charge in [-0.1, -0.05) is 20.8 Å². The lowest BCUT2D eigenvalue weighted by atomic mass is 9.95. The summed E-state index contributed by atoms with van der Waals surface area (Å²) >= 11 is 0. The van der Waals surface area contributed by atoms with E-state index in [-0.39, 0.29) is 5.91 Å². The van der Waals surface area contributed by atoms with Gasteiger partial charge in [0.05, 0.1) is 6.54 Å². The van der Waals surface area contributed by atoms with Crippen molar-refractivity contribution in [3.8, 4) is 0 Å². The summed E-state index contributed by atoms with van der Waals surface area (Å²) in [4.78, 5) is 13.6. The Morgan fingerprint density at radius 2 is 2.00 bits per heavy atom. The molecule has 1 amide bonds. The molecule has 0 rings (SSSR count). The molecule has 0 saturated carbocycles. The fraction of sp³-hybridized carbons (Fsp3) is 0.917. The summed E-state index contributed by atoms with van der Waals surface area (Å²) in [5, 5.41) is 2.82.